The van der Waals surface area contributed by atoms with Crippen molar-refractivity contribution in [2.45, 2.75) is 89.9 Å². The van der Waals surface area contributed by atoms with E-state index < -0.39 is 0 Å². The Morgan fingerprint density at radius 3 is 0.636 bits per heavy atom. The zero-order valence-corrected chi connectivity index (χ0v) is 14.5. The van der Waals surface area contributed by atoms with Crippen LogP contribution < -0.4 is 0 Å². The van der Waals surface area contributed by atoms with Crippen LogP contribution in [0.25, 0.3) is 0 Å². The van der Waals surface area contributed by atoms with Gasteiger partial charge in [-0.2, -0.15) is 0 Å². The van der Waals surface area contributed by atoms with E-state index in [9.17, 15) is 0 Å². The molecular formula is C22H36. The molecule has 0 N–H and O–H groups in total. The van der Waals surface area contributed by atoms with Crippen molar-refractivity contribution in [3.63, 3.8) is 0 Å². The van der Waals surface area contributed by atoms with Crippen LogP contribution >= 0.6 is 0 Å². The van der Waals surface area contributed by atoms with Gasteiger partial charge in [0, 0.05) is 0 Å². The van der Waals surface area contributed by atoms with Gasteiger partial charge in [-0.15, -0.1) is 0 Å². The molecule has 8 aliphatic carbocycles. The Bertz CT molecular complexity index is 285. The molecule has 8 rings (SSSR count). The minimum absolute atomic E-state index is 1.19. The van der Waals surface area contributed by atoms with Crippen LogP contribution in [0.2, 0.25) is 0 Å². The predicted octanol–water partition coefficient (Wildman–Crippen LogP) is 6.45. The van der Waals surface area contributed by atoms with Crippen LogP contribution in [0.5, 0.6) is 0 Å². The average molecular weight is 301 g/mol. The van der Waals surface area contributed by atoms with Crippen molar-refractivity contribution >= 4 is 0 Å². The molecule has 0 aromatic rings. The molecule has 0 spiro atoms. The molecule has 0 heteroatoms. The van der Waals surface area contributed by atoms with Crippen LogP contribution in [-0.4, -0.2) is 0 Å². The lowest BCUT2D eigenvalue weighted by molar-refractivity contribution is -0.202. The van der Waals surface area contributed by atoms with E-state index in [4.69, 9.17) is 0 Å². The number of rotatable bonds is 0. The zero-order chi connectivity index (χ0) is 14.5. The third-order valence-electron chi connectivity index (χ3n) is 8.93. The van der Waals surface area contributed by atoms with E-state index in [1.807, 2.05) is 0 Å². The highest BCUT2D eigenvalue weighted by Crippen LogP contribution is 2.71. The molecule has 0 saturated heterocycles. The Morgan fingerprint density at radius 1 is 0.273 bits per heavy atom. The molecule has 0 unspecified atom stereocenters. The smallest absolute Gasteiger partial charge is 0.0349 e. The average Bonchev–Trinajstić information content (AvgIpc) is 2.52. The molecule has 0 aliphatic heterocycles. The van der Waals surface area contributed by atoms with Crippen molar-refractivity contribution in [2.75, 3.05) is 0 Å². The Balaban J connectivity index is 0.000000122. The molecule has 0 radical (unpaired) electrons. The monoisotopic (exact) mass is 300 g/mol. The zero-order valence-electron chi connectivity index (χ0n) is 14.5. The highest BCUT2D eigenvalue weighted by atomic mass is 14.7. The largest absolute Gasteiger partial charge is 0.0533 e. The van der Waals surface area contributed by atoms with Gasteiger partial charge in [-0.25, -0.2) is 0 Å². The summed E-state index contributed by atoms with van der Waals surface area (Å²) in [6, 6.07) is 0. The summed E-state index contributed by atoms with van der Waals surface area (Å²) in [5.74, 6) is 9.74. The van der Waals surface area contributed by atoms with Gasteiger partial charge in [0.15, 0.2) is 0 Å². The van der Waals surface area contributed by atoms with Crippen LogP contribution in [0.3, 0.4) is 0 Å². The van der Waals surface area contributed by atoms with Crippen molar-refractivity contribution in [1.82, 2.24) is 0 Å². The highest BCUT2D eigenvalue weighted by Gasteiger charge is 2.63. The molecule has 0 aromatic carbocycles. The molecule has 8 bridgehead atoms. The van der Waals surface area contributed by atoms with Gasteiger partial charge in [0.1, 0.15) is 0 Å². The lowest BCUT2D eigenvalue weighted by atomic mass is 9.36. The van der Waals surface area contributed by atoms with E-state index in [0.717, 1.165) is 0 Å². The lowest BCUT2D eigenvalue weighted by Gasteiger charge is -2.69. The van der Waals surface area contributed by atoms with Crippen LogP contribution in [0.15, 0.2) is 0 Å². The SMILES string of the molecule is C1C2CC3C4CC5CC(C14)C(C2)C3C5.C1CCCCCCC1. The molecule has 0 nitrogen and oxygen atoms in total. The number of hydrogen-bond donors (Lipinski definition) is 0. The van der Waals surface area contributed by atoms with Crippen molar-refractivity contribution < 1.29 is 0 Å². The second-order valence-corrected chi connectivity index (χ2v) is 9.96. The predicted molar refractivity (Wildman–Crippen MR) is 92.6 cm³/mol. The molecular weight excluding hydrogens is 264 g/mol. The Morgan fingerprint density at radius 2 is 0.455 bits per heavy atom. The molecule has 8 saturated carbocycles. The first-order valence-electron chi connectivity index (χ1n) is 10.9. The fourth-order valence-electron chi connectivity index (χ4n) is 8.30. The third-order valence-corrected chi connectivity index (χ3v) is 8.93. The molecule has 0 amide bonds. The summed E-state index contributed by atoms with van der Waals surface area (Å²) in [5.41, 5.74) is 0. The summed E-state index contributed by atoms with van der Waals surface area (Å²) in [6.45, 7) is 0. The quantitative estimate of drug-likeness (QED) is 0.482. The maximum Gasteiger partial charge on any atom is -0.0349 e. The van der Waals surface area contributed by atoms with Crippen LogP contribution in [0.1, 0.15) is 89.9 Å². The second-order valence-electron chi connectivity index (χ2n) is 9.96. The van der Waals surface area contributed by atoms with Crippen LogP contribution in [0, 0.1) is 47.3 Å². The standard InChI is InChI=1S/C14H20.C8H16/c1-7-2-12-10-4-8-5-11(9(1)10)13(3-7)14(12)6-8;1-2-4-6-8-7-5-3-1/h7-14H,1-6H2;1-8H2. The van der Waals surface area contributed by atoms with Crippen molar-refractivity contribution in [3.05, 3.63) is 0 Å². The summed E-state index contributed by atoms with van der Waals surface area (Å²) >= 11 is 0. The molecule has 8 fully saturated rings. The van der Waals surface area contributed by atoms with Gasteiger partial charge >= 0.3 is 0 Å². The Kier molecular flexibility index (Phi) is 3.79. The van der Waals surface area contributed by atoms with E-state index in [0.29, 0.717) is 0 Å². The first kappa shape index (κ1) is 14.4. The Labute approximate surface area is 137 Å². The van der Waals surface area contributed by atoms with Gasteiger partial charge in [0.05, 0.1) is 0 Å². The van der Waals surface area contributed by atoms with Crippen LogP contribution in [-0.2, 0) is 0 Å². The van der Waals surface area contributed by atoms with E-state index in [1.165, 1.54) is 98.7 Å². The topological polar surface area (TPSA) is 0 Å². The summed E-state index contributed by atoms with van der Waals surface area (Å²) < 4.78 is 0. The van der Waals surface area contributed by atoms with Gasteiger partial charge in [0.25, 0.3) is 0 Å². The van der Waals surface area contributed by atoms with E-state index in [-0.39, 0.29) is 0 Å². The van der Waals surface area contributed by atoms with E-state index in [2.05, 4.69) is 0 Å². The molecule has 0 aromatic heterocycles. The molecule has 22 heavy (non-hydrogen) atoms. The maximum atomic E-state index is 1.65. The summed E-state index contributed by atoms with van der Waals surface area (Å²) in [6.07, 6.45) is 21.9. The van der Waals surface area contributed by atoms with Crippen molar-refractivity contribution in [1.29, 1.82) is 0 Å². The first-order chi connectivity index (χ1) is 10.9. The molecule has 0 heterocycles. The minimum atomic E-state index is 1.19. The lowest BCUT2D eigenvalue weighted by Crippen LogP contribution is -2.62. The third kappa shape index (κ3) is 2.30. The molecule has 0 atom stereocenters. The van der Waals surface area contributed by atoms with Gasteiger partial charge < -0.3 is 0 Å². The Hall–Kier alpha value is 0. The van der Waals surface area contributed by atoms with Gasteiger partial charge in [-0.05, 0) is 85.9 Å². The minimum Gasteiger partial charge on any atom is -0.0533 e. The first-order valence-corrected chi connectivity index (χ1v) is 10.9. The fraction of sp³-hybridized carbons (Fsp3) is 1.00. The van der Waals surface area contributed by atoms with E-state index in [1.54, 1.807) is 38.5 Å². The second kappa shape index (κ2) is 5.82. The number of hydrogen-bond acceptors (Lipinski definition) is 0. The fourth-order valence-corrected chi connectivity index (χ4v) is 8.30. The maximum absolute atomic E-state index is 1.65. The summed E-state index contributed by atoms with van der Waals surface area (Å²) in [7, 11) is 0. The molecule has 124 valence electrons. The molecule has 8 aliphatic rings. The summed E-state index contributed by atoms with van der Waals surface area (Å²) in [5, 5.41) is 0. The van der Waals surface area contributed by atoms with Crippen LogP contribution in [0.4, 0.5) is 0 Å². The van der Waals surface area contributed by atoms with E-state index >= 15 is 0 Å². The highest BCUT2D eigenvalue weighted by molar-refractivity contribution is 5.12. The normalized spacial score (nSPS) is 54.5. The van der Waals surface area contributed by atoms with Gasteiger partial charge in [-0.1, -0.05) is 51.4 Å². The summed E-state index contributed by atoms with van der Waals surface area (Å²) in [4.78, 5) is 0. The van der Waals surface area contributed by atoms with Crippen molar-refractivity contribution in [2.24, 2.45) is 47.3 Å². The van der Waals surface area contributed by atoms with Gasteiger partial charge in [0.2, 0.25) is 0 Å². The van der Waals surface area contributed by atoms with Crippen molar-refractivity contribution in [3.8, 4) is 0 Å². The van der Waals surface area contributed by atoms with Gasteiger partial charge in [-0.3, -0.25) is 0 Å².